The van der Waals surface area contributed by atoms with Gasteiger partial charge in [0.05, 0.1) is 18.3 Å². The molecule has 1 aliphatic carbocycles. The number of nitrogens with zero attached hydrogens (tertiary/aromatic N) is 3. The molecule has 1 saturated heterocycles. The maximum Gasteiger partial charge on any atom is 0.271 e. The van der Waals surface area contributed by atoms with E-state index in [1.165, 1.54) is 19.3 Å². The van der Waals surface area contributed by atoms with E-state index in [-0.39, 0.29) is 17.9 Å². The summed E-state index contributed by atoms with van der Waals surface area (Å²) in [6, 6.07) is 3.91. The van der Waals surface area contributed by atoms with E-state index in [1.54, 1.807) is 6.26 Å². The Morgan fingerprint density at radius 3 is 2.63 bits per heavy atom. The molecule has 1 atom stereocenters. The van der Waals surface area contributed by atoms with Gasteiger partial charge in [-0.05, 0) is 39.3 Å². The Labute approximate surface area is 177 Å². The molecule has 0 aromatic carbocycles. The SMILES string of the molecule is CC1(C(=O)NC2CCCCCC2)Cn2c(cc3occc32)C(=O)N1CCN1CCC1. The number of fused-ring (bicyclic) bond motifs is 3. The summed E-state index contributed by atoms with van der Waals surface area (Å²) < 4.78 is 7.51. The first-order valence-electron chi connectivity index (χ1n) is 11.5. The smallest absolute Gasteiger partial charge is 0.271 e. The monoisotopic (exact) mass is 412 g/mol. The third kappa shape index (κ3) is 3.33. The van der Waals surface area contributed by atoms with E-state index in [4.69, 9.17) is 4.42 Å². The molecule has 0 radical (unpaired) electrons. The van der Waals surface area contributed by atoms with E-state index in [0.717, 1.165) is 50.8 Å². The standard InChI is InChI=1S/C23H32N4O3/c1-23(22(29)24-17-7-4-2-3-5-8-17)16-26-18-9-14-30-20(18)15-19(26)21(28)27(23)13-12-25-10-6-11-25/h9,14-15,17H,2-8,10-13,16H2,1H3,(H,24,29). The van der Waals surface area contributed by atoms with Crippen molar-refractivity contribution >= 4 is 22.9 Å². The Morgan fingerprint density at radius 1 is 1.17 bits per heavy atom. The fourth-order valence-electron chi connectivity index (χ4n) is 5.23. The van der Waals surface area contributed by atoms with E-state index < -0.39 is 5.54 Å². The fraction of sp³-hybridized carbons (Fsp3) is 0.652. The Bertz CT molecular complexity index is 936. The Balaban J connectivity index is 1.44. The molecule has 1 saturated carbocycles. The van der Waals surface area contributed by atoms with Gasteiger partial charge in [0.1, 0.15) is 11.2 Å². The van der Waals surface area contributed by atoms with Crippen molar-refractivity contribution in [3.05, 3.63) is 24.1 Å². The molecule has 2 aromatic heterocycles. The summed E-state index contributed by atoms with van der Waals surface area (Å²) >= 11 is 0. The highest BCUT2D eigenvalue weighted by Crippen LogP contribution is 2.33. The van der Waals surface area contributed by atoms with Crippen LogP contribution in [0.3, 0.4) is 0 Å². The van der Waals surface area contributed by atoms with Gasteiger partial charge < -0.3 is 24.1 Å². The lowest BCUT2D eigenvalue weighted by Gasteiger charge is -2.45. The molecular formula is C23H32N4O3. The number of hydrogen-bond acceptors (Lipinski definition) is 4. The van der Waals surface area contributed by atoms with E-state index in [0.29, 0.717) is 24.4 Å². The molecule has 0 spiro atoms. The first-order chi connectivity index (χ1) is 14.6. The van der Waals surface area contributed by atoms with Crippen molar-refractivity contribution in [1.82, 2.24) is 19.7 Å². The lowest BCUT2D eigenvalue weighted by atomic mass is 9.93. The van der Waals surface area contributed by atoms with Crippen LogP contribution in [0.2, 0.25) is 0 Å². The van der Waals surface area contributed by atoms with Gasteiger partial charge in [-0.1, -0.05) is 25.7 Å². The molecule has 7 nitrogen and oxygen atoms in total. The fourth-order valence-corrected chi connectivity index (χ4v) is 5.23. The highest BCUT2D eigenvalue weighted by molar-refractivity contribution is 6.02. The van der Waals surface area contributed by atoms with E-state index in [1.807, 2.05) is 28.5 Å². The predicted octanol–water partition coefficient (Wildman–Crippen LogP) is 2.99. The minimum absolute atomic E-state index is 0.0256. The molecule has 1 N–H and O–H groups in total. The molecule has 5 rings (SSSR count). The number of rotatable bonds is 5. The van der Waals surface area contributed by atoms with Crippen LogP contribution in [0.5, 0.6) is 0 Å². The highest BCUT2D eigenvalue weighted by Gasteiger charge is 2.48. The summed E-state index contributed by atoms with van der Waals surface area (Å²) in [5.74, 6) is -0.103. The van der Waals surface area contributed by atoms with Crippen LogP contribution in [-0.4, -0.2) is 63.9 Å². The number of carbonyl (C=O) groups excluding carboxylic acids is 2. The number of nitrogens with one attached hydrogen (secondary N) is 1. The van der Waals surface area contributed by atoms with Gasteiger partial charge in [-0.15, -0.1) is 0 Å². The number of furan rings is 1. The van der Waals surface area contributed by atoms with Crippen LogP contribution in [0.4, 0.5) is 0 Å². The number of likely N-dealkylation sites (tertiary alicyclic amines) is 1. The Kier molecular flexibility index (Phi) is 5.09. The molecule has 7 heteroatoms. The quantitative estimate of drug-likeness (QED) is 0.767. The van der Waals surface area contributed by atoms with Gasteiger partial charge in [0.25, 0.3) is 5.91 Å². The molecule has 162 valence electrons. The zero-order valence-electron chi connectivity index (χ0n) is 17.9. The van der Waals surface area contributed by atoms with Gasteiger partial charge in [-0.25, -0.2) is 0 Å². The van der Waals surface area contributed by atoms with Gasteiger partial charge >= 0.3 is 0 Å². The van der Waals surface area contributed by atoms with Crippen molar-refractivity contribution in [2.24, 2.45) is 0 Å². The third-order valence-electron chi connectivity index (χ3n) is 7.32. The maximum atomic E-state index is 13.6. The second-order valence-electron chi connectivity index (χ2n) is 9.37. The lowest BCUT2D eigenvalue weighted by molar-refractivity contribution is -0.133. The largest absolute Gasteiger partial charge is 0.463 e. The molecule has 2 aromatic rings. The van der Waals surface area contributed by atoms with E-state index in [9.17, 15) is 9.59 Å². The molecule has 2 fully saturated rings. The number of amides is 2. The molecule has 2 amide bonds. The lowest BCUT2D eigenvalue weighted by Crippen LogP contribution is -2.66. The Hall–Kier alpha value is -2.28. The molecule has 30 heavy (non-hydrogen) atoms. The minimum Gasteiger partial charge on any atom is -0.463 e. The Morgan fingerprint density at radius 2 is 1.93 bits per heavy atom. The summed E-state index contributed by atoms with van der Waals surface area (Å²) in [6.45, 7) is 5.93. The highest BCUT2D eigenvalue weighted by atomic mass is 16.3. The first kappa shape index (κ1) is 19.7. The van der Waals surface area contributed by atoms with E-state index in [2.05, 4.69) is 10.2 Å². The van der Waals surface area contributed by atoms with Crippen molar-refractivity contribution in [3.63, 3.8) is 0 Å². The maximum absolute atomic E-state index is 13.6. The molecule has 2 aliphatic heterocycles. The predicted molar refractivity (Wildman–Crippen MR) is 114 cm³/mol. The molecular weight excluding hydrogens is 380 g/mol. The molecule has 0 bridgehead atoms. The summed E-state index contributed by atoms with van der Waals surface area (Å²) in [6.07, 6.45) is 9.74. The zero-order valence-corrected chi connectivity index (χ0v) is 17.9. The normalized spacial score (nSPS) is 25.8. The summed E-state index contributed by atoms with van der Waals surface area (Å²) in [5, 5.41) is 3.32. The topological polar surface area (TPSA) is 70.7 Å². The van der Waals surface area contributed by atoms with Crippen molar-refractivity contribution in [1.29, 1.82) is 0 Å². The van der Waals surface area contributed by atoms with Crippen LogP contribution >= 0.6 is 0 Å². The van der Waals surface area contributed by atoms with Crippen molar-refractivity contribution in [2.75, 3.05) is 26.2 Å². The molecule has 1 unspecified atom stereocenters. The third-order valence-corrected chi connectivity index (χ3v) is 7.32. The van der Waals surface area contributed by atoms with Crippen molar-refractivity contribution in [3.8, 4) is 0 Å². The van der Waals surface area contributed by atoms with Crippen LogP contribution in [0.1, 0.15) is 62.4 Å². The first-order valence-corrected chi connectivity index (χ1v) is 11.5. The van der Waals surface area contributed by atoms with Crippen LogP contribution < -0.4 is 5.32 Å². The second kappa shape index (κ2) is 7.76. The zero-order chi connectivity index (χ0) is 20.7. The van der Waals surface area contributed by atoms with Crippen LogP contribution in [0, 0.1) is 0 Å². The van der Waals surface area contributed by atoms with Crippen LogP contribution in [0.15, 0.2) is 22.8 Å². The van der Waals surface area contributed by atoms with Crippen molar-refractivity contribution in [2.45, 2.75) is 70.0 Å². The summed E-state index contributed by atoms with van der Waals surface area (Å²) in [4.78, 5) is 31.3. The van der Waals surface area contributed by atoms with Gasteiger partial charge in [-0.2, -0.15) is 0 Å². The average molecular weight is 413 g/mol. The number of hydrogen-bond donors (Lipinski definition) is 1. The molecule has 4 heterocycles. The number of aromatic nitrogens is 1. The summed E-state index contributed by atoms with van der Waals surface area (Å²) in [7, 11) is 0. The number of carbonyl (C=O) groups is 2. The van der Waals surface area contributed by atoms with Crippen LogP contribution in [-0.2, 0) is 11.3 Å². The second-order valence-corrected chi connectivity index (χ2v) is 9.37. The van der Waals surface area contributed by atoms with Gasteiger partial charge in [0.2, 0.25) is 5.91 Å². The van der Waals surface area contributed by atoms with Crippen molar-refractivity contribution < 1.29 is 14.0 Å². The van der Waals surface area contributed by atoms with Gasteiger partial charge in [0.15, 0.2) is 5.58 Å². The molecule has 3 aliphatic rings. The minimum atomic E-state index is -0.912. The van der Waals surface area contributed by atoms with Gasteiger partial charge in [-0.3, -0.25) is 9.59 Å². The van der Waals surface area contributed by atoms with Gasteiger partial charge in [0, 0.05) is 31.3 Å². The average Bonchev–Trinajstić information content (AvgIpc) is 3.18. The summed E-state index contributed by atoms with van der Waals surface area (Å²) in [5.41, 5.74) is 1.29. The van der Waals surface area contributed by atoms with Crippen LogP contribution in [0.25, 0.3) is 11.1 Å². The van der Waals surface area contributed by atoms with E-state index >= 15 is 0 Å².